The van der Waals surface area contributed by atoms with Crippen LogP contribution in [0.5, 0.6) is 0 Å². The van der Waals surface area contributed by atoms with Gasteiger partial charge in [0.15, 0.2) is 5.79 Å². The standard InChI is InChI=1S/C31H50O5/c1-19-10-13-30(18-36-25(32)33)16-15-28(6)21(24(30)20(19)2)8-9-23-27(5)14-17-31(34,35)26(3,4)22(27)11-12-29(23,28)7/h8,19-20,22-24,34-35H,9-18H2,1-7H3,(H,32,33)/t19-,20+,22?,23-,24+,27+,28-,29-,30-/m1/s1. The molecule has 0 saturated heterocycles. The molecule has 5 nitrogen and oxygen atoms in total. The fourth-order valence-electron chi connectivity index (χ4n) is 11.0. The summed E-state index contributed by atoms with van der Waals surface area (Å²) in [6.07, 6.45) is 10.2. The molecular weight excluding hydrogens is 452 g/mol. The van der Waals surface area contributed by atoms with Gasteiger partial charge in [0.1, 0.15) is 6.61 Å². The van der Waals surface area contributed by atoms with Crippen LogP contribution in [-0.2, 0) is 4.74 Å². The quantitative estimate of drug-likeness (QED) is 0.215. The van der Waals surface area contributed by atoms with E-state index in [1.807, 2.05) is 0 Å². The molecule has 0 aliphatic heterocycles. The average Bonchev–Trinajstić information content (AvgIpc) is 2.79. The Bertz CT molecular complexity index is 953. The molecule has 0 aromatic carbocycles. The maximum atomic E-state index is 11.4. The van der Waals surface area contributed by atoms with E-state index in [2.05, 4.69) is 54.5 Å². The Morgan fingerprint density at radius 3 is 2.31 bits per heavy atom. The normalized spacial score (nSPS) is 51.0. The zero-order valence-electron chi connectivity index (χ0n) is 23.7. The van der Waals surface area contributed by atoms with Gasteiger partial charge in [-0.3, -0.25) is 0 Å². The Morgan fingerprint density at radius 2 is 1.64 bits per heavy atom. The van der Waals surface area contributed by atoms with Gasteiger partial charge >= 0.3 is 6.16 Å². The maximum Gasteiger partial charge on any atom is 0.505 e. The van der Waals surface area contributed by atoms with Gasteiger partial charge in [0.25, 0.3) is 0 Å². The summed E-state index contributed by atoms with van der Waals surface area (Å²) in [6.45, 7) is 16.8. The van der Waals surface area contributed by atoms with Crippen molar-refractivity contribution in [2.45, 2.75) is 112 Å². The molecule has 1 unspecified atom stereocenters. The minimum absolute atomic E-state index is 0.0723. The second-order valence-corrected chi connectivity index (χ2v) is 15.1. The second-order valence-electron chi connectivity index (χ2n) is 15.1. The molecule has 0 aromatic heterocycles. The summed E-state index contributed by atoms with van der Waals surface area (Å²) in [5.41, 5.74) is 1.27. The SMILES string of the molecule is C[C@H]1[C@H](C)CC[C@]2(COC(=O)O)CC[C@]3(C)C(=CC[C@@H]4[C@@]5(C)CCC(O)(O)C(C)(C)C5CC[C@]43C)[C@H]12. The highest BCUT2D eigenvalue weighted by Crippen LogP contribution is 2.76. The third kappa shape index (κ3) is 3.23. The van der Waals surface area contributed by atoms with Gasteiger partial charge in [-0.25, -0.2) is 4.79 Å². The molecule has 0 amide bonds. The van der Waals surface area contributed by atoms with Gasteiger partial charge in [0, 0.05) is 17.3 Å². The summed E-state index contributed by atoms with van der Waals surface area (Å²) in [5, 5.41) is 31.3. The second kappa shape index (κ2) is 7.97. The van der Waals surface area contributed by atoms with Crippen LogP contribution in [-0.4, -0.2) is 33.9 Å². The number of allylic oxidation sites excluding steroid dienone is 2. The molecule has 0 radical (unpaired) electrons. The van der Waals surface area contributed by atoms with Crippen molar-refractivity contribution in [1.82, 2.24) is 0 Å². The molecule has 0 aromatic rings. The summed E-state index contributed by atoms with van der Waals surface area (Å²) in [5.74, 6) is 0.682. The van der Waals surface area contributed by atoms with Gasteiger partial charge in [-0.1, -0.05) is 60.1 Å². The summed E-state index contributed by atoms with van der Waals surface area (Å²) in [6, 6.07) is 0. The van der Waals surface area contributed by atoms with E-state index in [0.717, 1.165) is 51.4 Å². The smallest absolute Gasteiger partial charge is 0.450 e. The van der Waals surface area contributed by atoms with E-state index in [-0.39, 0.29) is 27.6 Å². The highest BCUT2D eigenvalue weighted by molar-refractivity contribution is 5.56. The van der Waals surface area contributed by atoms with Crippen LogP contribution < -0.4 is 0 Å². The Balaban J connectivity index is 1.57. The molecule has 36 heavy (non-hydrogen) atoms. The van der Waals surface area contributed by atoms with Gasteiger partial charge < -0.3 is 20.1 Å². The Kier molecular flexibility index (Phi) is 5.88. The molecule has 5 aliphatic rings. The molecular formula is C31H50O5. The Labute approximate surface area is 218 Å². The minimum atomic E-state index is -1.60. The number of hydrogen-bond acceptors (Lipinski definition) is 4. The van der Waals surface area contributed by atoms with E-state index >= 15 is 0 Å². The summed E-state index contributed by atoms with van der Waals surface area (Å²) in [7, 11) is 0. The van der Waals surface area contributed by atoms with Crippen molar-refractivity contribution < 1.29 is 24.9 Å². The van der Waals surface area contributed by atoms with Crippen LogP contribution in [0.4, 0.5) is 4.79 Å². The number of aliphatic hydroxyl groups is 2. The summed E-state index contributed by atoms with van der Waals surface area (Å²) >= 11 is 0. The van der Waals surface area contributed by atoms with E-state index < -0.39 is 17.4 Å². The first kappa shape index (κ1) is 26.5. The third-order valence-corrected chi connectivity index (χ3v) is 13.8. The molecule has 5 heteroatoms. The summed E-state index contributed by atoms with van der Waals surface area (Å²) < 4.78 is 5.34. The van der Waals surface area contributed by atoms with E-state index in [4.69, 9.17) is 4.74 Å². The van der Waals surface area contributed by atoms with E-state index in [0.29, 0.717) is 36.7 Å². The van der Waals surface area contributed by atoms with Gasteiger partial charge in [-0.2, -0.15) is 0 Å². The fraction of sp³-hybridized carbons (Fsp3) is 0.903. The van der Waals surface area contributed by atoms with Gasteiger partial charge in [-0.05, 0) is 97.2 Å². The number of fused-ring (bicyclic) bond motifs is 7. The number of ether oxygens (including phenoxy) is 1. The van der Waals surface area contributed by atoms with Crippen LogP contribution >= 0.6 is 0 Å². The first-order valence-corrected chi connectivity index (χ1v) is 14.6. The molecule has 204 valence electrons. The van der Waals surface area contributed by atoms with Crippen molar-refractivity contribution in [3.8, 4) is 0 Å². The lowest BCUT2D eigenvalue weighted by molar-refractivity contribution is -0.312. The Hall–Kier alpha value is -1.07. The maximum absolute atomic E-state index is 11.4. The van der Waals surface area contributed by atoms with Crippen LogP contribution in [0, 0.1) is 56.7 Å². The van der Waals surface area contributed by atoms with Crippen LogP contribution in [0.15, 0.2) is 11.6 Å². The van der Waals surface area contributed by atoms with Crippen molar-refractivity contribution >= 4 is 6.16 Å². The topological polar surface area (TPSA) is 87.0 Å². The monoisotopic (exact) mass is 502 g/mol. The molecule has 5 rings (SSSR count). The van der Waals surface area contributed by atoms with Crippen LogP contribution in [0.1, 0.15) is 106 Å². The molecule has 4 saturated carbocycles. The lowest BCUT2D eigenvalue weighted by Gasteiger charge is -2.72. The molecule has 5 aliphatic carbocycles. The van der Waals surface area contributed by atoms with Gasteiger partial charge in [-0.15, -0.1) is 0 Å². The van der Waals surface area contributed by atoms with E-state index in [9.17, 15) is 20.1 Å². The van der Waals surface area contributed by atoms with Crippen molar-refractivity contribution in [1.29, 1.82) is 0 Å². The van der Waals surface area contributed by atoms with E-state index in [1.165, 1.54) is 0 Å². The first-order chi connectivity index (χ1) is 16.6. The Morgan fingerprint density at radius 1 is 0.944 bits per heavy atom. The largest absolute Gasteiger partial charge is 0.505 e. The number of hydrogen-bond donors (Lipinski definition) is 3. The van der Waals surface area contributed by atoms with Crippen LogP contribution in [0.25, 0.3) is 0 Å². The minimum Gasteiger partial charge on any atom is -0.450 e. The van der Waals surface area contributed by atoms with Gasteiger partial charge in [0.05, 0.1) is 0 Å². The highest BCUT2D eigenvalue weighted by Gasteiger charge is 2.70. The summed E-state index contributed by atoms with van der Waals surface area (Å²) in [4.78, 5) is 11.4. The molecule has 0 spiro atoms. The lowest BCUT2D eigenvalue weighted by atomic mass is 9.33. The molecule has 3 N–H and O–H groups in total. The van der Waals surface area contributed by atoms with Crippen molar-refractivity contribution in [3.05, 3.63) is 11.6 Å². The van der Waals surface area contributed by atoms with Gasteiger partial charge in [0.2, 0.25) is 0 Å². The predicted octanol–water partition coefficient (Wildman–Crippen LogP) is 7.02. The van der Waals surface area contributed by atoms with Crippen molar-refractivity contribution in [2.24, 2.45) is 56.7 Å². The van der Waals surface area contributed by atoms with Crippen LogP contribution in [0.3, 0.4) is 0 Å². The number of carboxylic acid groups (broad SMARTS) is 1. The highest BCUT2D eigenvalue weighted by atomic mass is 16.7. The number of carbonyl (C=O) groups is 1. The predicted molar refractivity (Wildman–Crippen MR) is 140 cm³/mol. The van der Waals surface area contributed by atoms with Crippen molar-refractivity contribution in [2.75, 3.05) is 6.61 Å². The lowest BCUT2D eigenvalue weighted by Crippen LogP contribution is -2.67. The van der Waals surface area contributed by atoms with E-state index in [1.54, 1.807) is 5.57 Å². The zero-order valence-corrected chi connectivity index (χ0v) is 23.7. The molecule has 0 bridgehead atoms. The molecule has 9 atom stereocenters. The van der Waals surface area contributed by atoms with Crippen LogP contribution in [0.2, 0.25) is 0 Å². The zero-order chi connectivity index (χ0) is 26.5. The first-order valence-electron chi connectivity index (χ1n) is 14.6. The fourth-order valence-corrected chi connectivity index (χ4v) is 11.0. The number of rotatable bonds is 2. The molecule has 0 heterocycles. The third-order valence-electron chi connectivity index (χ3n) is 13.8. The average molecular weight is 503 g/mol. The van der Waals surface area contributed by atoms with Crippen molar-refractivity contribution in [3.63, 3.8) is 0 Å². The molecule has 4 fully saturated rings.